The van der Waals surface area contributed by atoms with E-state index in [9.17, 15) is 9.50 Å². The molecule has 78 valence electrons. The quantitative estimate of drug-likeness (QED) is 0.853. The fourth-order valence-electron chi connectivity index (χ4n) is 1.36. The van der Waals surface area contributed by atoms with Crippen molar-refractivity contribution in [1.29, 1.82) is 0 Å². The van der Waals surface area contributed by atoms with Gasteiger partial charge in [0.05, 0.1) is 6.26 Å². The van der Waals surface area contributed by atoms with Gasteiger partial charge in [0.1, 0.15) is 17.7 Å². The number of benzene rings is 1. The highest BCUT2D eigenvalue weighted by Crippen LogP contribution is 2.30. The summed E-state index contributed by atoms with van der Waals surface area (Å²) in [5.74, 6) is -0.284. The number of aliphatic hydroxyl groups is 1. The Bertz CT molecular complexity index is 433. The highest BCUT2D eigenvalue weighted by molar-refractivity contribution is 6.31. The number of rotatable bonds is 2. The molecule has 0 amide bonds. The summed E-state index contributed by atoms with van der Waals surface area (Å²) in [6.07, 6.45) is 0.238. The van der Waals surface area contributed by atoms with Crippen LogP contribution in [0.4, 0.5) is 4.39 Å². The molecule has 0 aliphatic rings. The van der Waals surface area contributed by atoms with Gasteiger partial charge >= 0.3 is 0 Å². The van der Waals surface area contributed by atoms with Crippen LogP contribution in [-0.2, 0) is 0 Å². The average molecular weight is 227 g/mol. The molecule has 0 aliphatic heterocycles. The molecule has 2 aromatic rings. The Morgan fingerprint density at radius 2 is 2.07 bits per heavy atom. The predicted molar refractivity (Wildman–Crippen MR) is 54.2 cm³/mol. The maximum absolute atomic E-state index is 13.4. The molecule has 0 radical (unpaired) electrons. The van der Waals surface area contributed by atoms with E-state index >= 15 is 0 Å². The van der Waals surface area contributed by atoms with Crippen LogP contribution in [0.5, 0.6) is 0 Å². The van der Waals surface area contributed by atoms with Gasteiger partial charge in [-0.05, 0) is 24.3 Å². The highest BCUT2D eigenvalue weighted by atomic mass is 35.5. The fraction of sp³-hybridized carbons (Fsp3) is 0.0909. The molecule has 15 heavy (non-hydrogen) atoms. The summed E-state index contributed by atoms with van der Waals surface area (Å²) in [6, 6.07) is 7.43. The van der Waals surface area contributed by atoms with Crippen molar-refractivity contribution in [3.63, 3.8) is 0 Å². The molecule has 0 saturated heterocycles. The maximum atomic E-state index is 13.4. The van der Waals surface area contributed by atoms with Gasteiger partial charge in [-0.3, -0.25) is 0 Å². The Morgan fingerprint density at radius 3 is 2.67 bits per heavy atom. The lowest BCUT2D eigenvalue weighted by atomic mass is 10.1. The molecule has 0 spiro atoms. The monoisotopic (exact) mass is 226 g/mol. The van der Waals surface area contributed by atoms with Crippen LogP contribution in [0.15, 0.2) is 41.0 Å². The van der Waals surface area contributed by atoms with E-state index in [0.29, 0.717) is 0 Å². The number of hydrogen-bond acceptors (Lipinski definition) is 2. The largest absolute Gasteiger partial charge is 0.466 e. The zero-order chi connectivity index (χ0) is 10.8. The van der Waals surface area contributed by atoms with Gasteiger partial charge in [-0.25, -0.2) is 4.39 Å². The van der Waals surface area contributed by atoms with Crippen molar-refractivity contribution in [2.45, 2.75) is 6.10 Å². The second kappa shape index (κ2) is 4.04. The minimum atomic E-state index is -1.17. The molecule has 2 rings (SSSR count). The molecule has 0 fully saturated rings. The van der Waals surface area contributed by atoms with Crippen molar-refractivity contribution in [3.05, 3.63) is 58.8 Å². The first-order valence-electron chi connectivity index (χ1n) is 4.35. The third-order valence-corrected chi connectivity index (χ3v) is 2.42. The van der Waals surface area contributed by atoms with Gasteiger partial charge in [-0.2, -0.15) is 0 Å². The molecule has 1 aromatic heterocycles. The molecule has 0 aliphatic carbocycles. The average Bonchev–Trinajstić information content (AvgIpc) is 2.69. The first-order valence-corrected chi connectivity index (χ1v) is 4.73. The van der Waals surface area contributed by atoms with Crippen molar-refractivity contribution < 1.29 is 13.9 Å². The molecule has 2 nitrogen and oxygen atoms in total. The van der Waals surface area contributed by atoms with Crippen LogP contribution in [-0.4, -0.2) is 5.11 Å². The second-order valence-electron chi connectivity index (χ2n) is 3.05. The molecule has 1 aromatic carbocycles. The first kappa shape index (κ1) is 10.2. The molecule has 0 saturated carbocycles. The van der Waals surface area contributed by atoms with Crippen LogP contribution in [0, 0.1) is 5.82 Å². The molecule has 1 N–H and O–H groups in total. The summed E-state index contributed by atoms with van der Waals surface area (Å²) >= 11 is 5.80. The van der Waals surface area contributed by atoms with E-state index in [4.69, 9.17) is 16.0 Å². The Morgan fingerprint density at radius 1 is 1.27 bits per heavy atom. The molecular weight excluding hydrogens is 219 g/mol. The van der Waals surface area contributed by atoms with Gasteiger partial charge in [0.2, 0.25) is 0 Å². The number of hydrogen-bond donors (Lipinski definition) is 1. The fourth-order valence-corrected chi connectivity index (χ4v) is 1.63. The highest BCUT2D eigenvalue weighted by Gasteiger charge is 2.20. The first-order chi connectivity index (χ1) is 7.20. The number of aliphatic hydroxyl groups excluding tert-OH is 1. The van der Waals surface area contributed by atoms with Crippen molar-refractivity contribution >= 4 is 11.6 Å². The zero-order valence-corrected chi connectivity index (χ0v) is 8.41. The van der Waals surface area contributed by atoms with E-state index in [-0.39, 0.29) is 16.3 Å². The molecule has 1 unspecified atom stereocenters. The summed E-state index contributed by atoms with van der Waals surface area (Å²) < 4.78 is 18.4. The Balaban J connectivity index is 2.46. The van der Waals surface area contributed by atoms with Crippen molar-refractivity contribution in [2.24, 2.45) is 0 Å². The van der Waals surface area contributed by atoms with Gasteiger partial charge < -0.3 is 9.52 Å². The van der Waals surface area contributed by atoms with Crippen LogP contribution in [0.1, 0.15) is 17.4 Å². The van der Waals surface area contributed by atoms with E-state index in [0.717, 1.165) is 0 Å². The summed E-state index contributed by atoms with van der Waals surface area (Å²) in [7, 11) is 0. The predicted octanol–water partition coefficient (Wildman–Crippen LogP) is 3.15. The molecular formula is C11H8ClFO2. The topological polar surface area (TPSA) is 33.4 Å². The standard InChI is InChI=1S/C11H8ClFO2/c12-7-3-1-4-8(13)10(7)11(14)9-5-2-6-15-9/h1-6,11,14H. The SMILES string of the molecule is OC(c1ccco1)c1c(F)cccc1Cl. The van der Waals surface area contributed by atoms with Crippen molar-refractivity contribution in [1.82, 2.24) is 0 Å². The van der Waals surface area contributed by atoms with Crippen LogP contribution in [0.25, 0.3) is 0 Å². The van der Waals surface area contributed by atoms with Crippen LogP contribution < -0.4 is 0 Å². The van der Waals surface area contributed by atoms with E-state index in [1.54, 1.807) is 12.1 Å². The number of halogens is 2. The van der Waals surface area contributed by atoms with Crippen LogP contribution >= 0.6 is 11.6 Å². The Labute approximate surface area is 90.9 Å². The summed E-state index contributed by atoms with van der Waals surface area (Å²) in [5.41, 5.74) is 0.0362. The van der Waals surface area contributed by atoms with Gasteiger partial charge in [0.15, 0.2) is 0 Å². The zero-order valence-electron chi connectivity index (χ0n) is 7.65. The lowest BCUT2D eigenvalue weighted by Crippen LogP contribution is -2.02. The van der Waals surface area contributed by atoms with E-state index in [2.05, 4.69) is 0 Å². The van der Waals surface area contributed by atoms with E-state index < -0.39 is 11.9 Å². The van der Waals surface area contributed by atoms with Gasteiger partial charge in [0, 0.05) is 10.6 Å². The van der Waals surface area contributed by atoms with Gasteiger partial charge in [0.25, 0.3) is 0 Å². The smallest absolute Gasteiger partial charge is 0.141 e. The van der Waals surface area contributed by atoms with Gasteiger partial charge in [-0.15, -0.1) is 0 Å². The lowest BCUT2D eigenvalue weighted by molar-refractivity contribution is 0.185. The molecule has 1 heterocycles. The summed E-state index contributed by atoms with van der Waals surface area (Å²) in [6.45, 7) is 0. The molecule has 0 bridgehead atoms. The number of furan rings is 1. The Kier molecular flexibility index (Phi) is 2.75. The molecule has 1 atom stereocenters. The second-order valence-corrected chi connectivity index (χ2v) is 3.46. The van der Waals surface area contributed by atoms with Crippen molar-refractivity contribution in [3.8, 4) is 0 Å². The lowest BCUT2D eigenvalue weighted by Gasteiger charge is -2.10. The third kappa shape index (κ3) is 1.89. The van der Waals surface area contributed by atoms with Gasteiger partial charge in [-0.1, -0.05) is 17.7 Å². The van der Waals surface area contributed by atoms with E-state index in [1.165, 1.54) is 24.5 Å². The maximum Gasteiger partial charge on any atom is 0.141 e. The normalized spacial score (nSPS) is 12.7. The van der Waals surface area contributed by atoms with Crippen molar-refractivity contribution in [2.75, 3.05) is 0 Å². The third-order valence-electron chi connectivity index (χ3n) is 2.09. The van der Waals surface area contributed by atoms with Crippen LogP contribution in [0.3, 0.4) is 0 Å². The van der Waals surface area contributed by atoms with Crippen LogP contribution in [0.2, 0.25) is 5.02 Å². The summed E-state index contributed by atoms with van der Waals surface area (Å²) in [5, 5.41) is 10.0. The minimum absolute atomic E-state index is 0.0362. The Hall–Kier alpha value is -1.32. The minimum Gasteiger partial charge on any atom is -0.466 e. The summed E-state index contributed by atoms with van der Waals surface area (Å²) in [4.78, 5) is 0. The van der Waals surface area contributed by atoms with E-state index in [1.807, 2.05) is 0 Å². The molecule has 4 heteroatoms.